The number of hydrazine groups is 1. The first-order chi connectivity index (χ1) is 5.04. The fraction of sp³-hybridized carbons (Fsp3) is 0.857. The molecule has 11 heavy (non-hydrogen) atoms. The van der Waals surface area contributed by atoms with Gasteiger partial charge < -0.3 is 4.74 Å². The van der Waals surface area contributed by atoms with Crippen LogP contribution in [0.3, 0.4) is 0 Å². The van der Waals surface area contributed by atoms with E-state index in [0.29, 0.717) is 12.5 Å². The Morgan fingerprint density at radius 1 is 1.64 bits per heavy atom. The van der Waals surface area contributed by atoms with Gasteiger partial charge in [0.25, 0.3) is 5.91 Å². The van der Waals surface area contributed by atoms with Gasteiger partial charge in [0.2, 0.25) is 0 Å². The molecule has 4 heteroatoms. The maximum atomic E-state index is 10.8. The second-order valence-electron chi connectivity index (χ2n) is 2.91. The molecule has 0 fully saturated rings. The quantitative estimate of drug-likeness (QED) is 0.357. The number of nitrogens with zero attached hydrogens (tertiary/aromatic N) is 1. The van der Waals surface area contributed by atoms with E-state index in [1.807, 2.05) is 13.8 Å². The lowest BCUT2D eigenvalue weighted by Crippen LogP contribution is -2.36. The van der Waals surface area contributed by atoms with Gasteiger partial charge in [-0.05, 0) is 5.92 Å². The first-order valence-electron chi connectivity index (χ1n) is 3.63. The van der Waals surface area contributed by atoms with Crippen LogP contribution in [-0.4, -0.2) is 31.2 Å². The minimum absolute atomic E-state index is 0.0746. The number of nitrogens with two attached hydrogens (primary N) is 1. The monoisotopic (exact) mass is 160 g/mol. The van der Waals surface area contributed by atoms with E-state index >= 15 is 0 Å². The Morgan fingerprint density at radius 3 is 2.55 bits per heavy atom. The van der Waals surface area contributed by atoms with Crippen LogP contribution in [0.1, 0.15) is 13.8 Å². The highest BCUT2D eigenvalue weighted by atomic mass is 16.5. The van der Waals surface area contributed by atoms with Gasteiger partial charge in [-0.1, -0.05) is 13.8 Å². The van der Waals surface area contributed by atoms with E-state index in [4.69, 9.17) is 10.6 Å². The fourth-order valence-electron chi connectivity index (χ4n) is 0.484. The van der Waals surface area contributed by atoms with Crippen LogP contribution in [0.2, 0.25) is 0 Å². The highest BCUT2D eigenvalue weighted by molar-refractivity contribution is 5.76. The number of amides is 1. The summed E-state index contributed by atoms with van der Waals surface area (Å²) in [7, 11) is 1.50. The number of rotatable bonds is 4. The molecule has 0 aliphatic heterocycles. The van der Waals surface area contributed by atoms with Gasteiger partial charge in [-0.25, -0.2) is 5.84 Å². The van der Waals surface area contributed by atoms with Crippen molar-refractivity contribution in [2.24, 2.45) is 11.8 Å². The van der Waals surface area contributed by atoms with E-state index in [9.17, 15) is 4.79 Å². The summed E-state index contributed by atoms with van der Waals surface area (Å²) in [4.78, 5) is 10.8. The highest BCUT2D eigenvalue weighted by Crippen LogP contribution is 1.91. The molecule has 0 rings (SSSR count). The number of hydrogen-bond donors (Lipinski definition) is 1. The summed E-state index contributed by atoms with van der Waals surface area (Å²) >= 11 is 0. The van der Waals surface area contributed by atoms with Crippen LogP contribution in [0.15, 0.2) is 0 Å². The SMILES string of the molecule is CC(C)COCC(=O)N(C)N. The minimum atomic E-state index is -0.203. The van der Waals surface area contributed by atoms with Crippen molar-refractivity contribution in [3.8, 4) is 0 Å². The average molecular weight is 160 g/mol. The standard InChI is InChI=1S/C7H16N2O2/c1-6(2)4-11-5-7(10)9(3)8/h6H,4-5,8H2,1-3H3. The summed E-state index contributed by atoms with van der Waals surface area (Å²) in [5.74, 6) is 5.40. The molecule has 0 aromatic carbocycles. The zero-order valence-corrected chi connectivity index (χ0v) is 7.33. The molecule has 0 saturated carbocycles. The lowest BCUT2D eigenvalue weighted by atomic mass is 10.2. The van der Waals surface area contributed by atoms with Gasteiger partial charge in [0.05, 0.1) is 0 Å². The van der Waals surface area contributed by atoms with Crippen molar-refractivity contribution in [1.29, 1.82) is 0 Å². The molecule has 0 aliphatic rings. The molecule has 0 radical (unpaired) electrons. The molecule has 0 aromatic rings. The van der Waals surface area contributed by atoms with E-state index in [-0.39, 0.29) is 12.5 Å². The minimum Gasteiger partial charge on any atom is -0.371 e. The zero-order chi connectivity index (χ0) is 8.85. The molecule has 0 saturated heterocycles. The van der Waals surface area contributed by atoms with Gasteiger partial charge in [0.15, 0.2) is 0 Å². The molecule has 0 atom stereocenters. The highest BCUT2D eigenvalue weighted by Gasteiger charge is 2.03. The van der Waals surface area contributed by atoms with Gasteiger partial charge in [0, 0.05) is 13.7 Å². The van der Waals surface area contributed by atoms with Crippen LogP contribution in [-0.2, 0) is 9.53 Å². The molecule has 2 N–H and O–H groups in total. The Hall–Kier alpha value is -0.610. The van der Waals surface area contributed by atoms with Gasteiger partial charge in [0.1, 0.15) is 6.61 Å². The van der Waals surface area contributed by atoms with E-state index < -0.39 is 0 Å². The maximum absolute atomic E-state index is 10.8. The molecule has 66 valence electrons. The predicted octanol–water partition coefficient (Wildman–Crippen LogP) is -0.00890. The lowest BCUT2D eigenvalue weighted by molar-refractivity contribution is -0.135. The summed E-state index contributed by atoms with van der Waals surface area (Å²) < 4.78 is 5.05. The van der Waals surface area contributed by atoms with Crippen molar-refractivity contribution >= 4 is 5.91 Å². The topological polar surface area (TPSA) is 55.6 Å². The van der Waals surface area contributed by atoms with Crippen LogP contribution in [0, 0.1) is 5.92 Å². The third-order valence-corrected chi connectivity index (χ3v) is 1.07. The first kappa shape index (κ1) is 10.4. The third kappa shape index (κ3) is 5.82. The van der Waals surface area contributed by atoms with Gasteiger partial charge >= 0.3 is 0 Å². The van der Waals surface area contributed by atoms with Crippen molar-refractivity contribution in [3.63, 3.8) is 0 Å². The molecule has 0 aliphatic carbocycles. The van der Waals surface area contributed by atoms with Crippen molar-refractivity contribution in [2.45, 2.75) is 13.8 Å². The summed E-state index contributed by atoms with van der Waals surface area (Å²) in [5.41, 5.74) is 0. The van der Waals surface area contributed by atoms with E-state index in [0.717, 1.165) is 5.01 Å². The molecule has 0 spiro atoms. The molecule has 0 unspecified atom stereocenters. The largest absolute Gasteiger partial charge is 0.371 e. The van der Waals surface area contributed by atoms with Gasteiger partial charge in [-0.3, -0.25) is 9.80 Å². The second kappa shape index (κ2) is 5.09. The summed E-state index contributed by atoms with van der Waals surface area (Å²) in [6.07, 6.45) is 0. The Balaban J connectivity index is 3.32. The Labute approximate surface area is 67.3 Å². The summed E-state index contributed by atoms with van der Waals surface area (Å²) in [6, 6.07) is 0. The van der Waals surface area contributed by atoms with E-state index in [1.54, 1.807) is 0 Å². The van der Waals surface area contributed by atoms with E-state index in [2.05, 4.69) is 0 Å². The Bertz CT molecular complexity index is 124. The van der Waals surface area contributed by atoms with Gasteiger partial charge in [-0.15, -0.1) is 0 Å². The van der Waals surface area contributed by atoms with Crippen LogP contribution >= 0.6 is 0 Å². The van der Waals surface area contributed by atoms with Crippen LogP contribution in [0.5, 0.6) is 0 Å². The normalized spacial score (nSPS) is 10.3. The van der Waals surface area contributed by atoms with Crippen LogP contribution in [0.25, 0.3) is 0 Å². The van der Waals surface area contributed by atoms with E-state index in [1.165, 1.54) is 7.05 Å². The molecule has 0 aromatic heterocycles. The van der Waals surface area contributed by atoms with Crippen molar-refractivity contribution in [3.05, 3.63) is 0 Å². The number of ether oxygens (including phenoxy) is 1. The van der Waals surface area contributed by atoms with Gasteiger partial charge in [-0.2, -0.15) is 0 Å². The molecular formula is C7H16N2O2. The zero-order valence-electron chi connectivity index (χ0n) is 7.33. The summed E-state index contributed by atoms with van der Waals surface area (Å²) in [5, 5.41) is 1.03. The molecule has 1 amide bonds. The fourth-order valence-corrected chi connectivity index (χ4v) is 0.484. The number of carbonyl (C=O) groups is 1. The Kier molecular flexibility index (Phi) is 4.81. The first-order valence-corrected chi connectivity index (χ1v) is 3.63. The third-order valence-electron chi connectivity index (χ3n) is 1.07. The number of likely N-dealkylation sites (N-methyl/N-ethyl adjacent to an activating group) is 1. The second-order valence-corrected chi connectivity index (χ2v) is 2.91. The van der Waals surface area contributed by atoms with Crippen LogP contribution < -0.4 is 5.84 Å². The smallest absolute Gasteiger partial charge is 0.262 e. The lowest BCUT2D eigenvalue weighted by Gasteiger charge is -2.10. The number of carbonyl (C=O) groups excluding carboxylic acids is 1. The van der Waals surface area contributed by atoms with Crippen molar-refractivity contribution < 1.29 is 9.53 Å². The molecular weight excluding hydrogens is 144 g/mol. The Morgan fingerprint density at radius 2 is 2.18 bits per heavy atom. The summed E-state index contributed by atoms with van der Waals surface area (Å²) in [6.45, 7) is 4.72. The van der Waals surface area contributed by atoms with Crippen molar-refractivity contribution in [1.82, 2.24) is 5.01 Å². The predicted molar refractivity (Wildman–Crippen MR) is 42.6 cm³/mol. The number of hydrogen-bond acceptors (Lipinski definition) is 3. The van der Waals surface area contributed by atoms with Crippen molar-refractivity contribution in [2.75, 3.05) is 20.3 Å². The molecule has 0 heterocycles. The van der Waals surface area contributed by atoms with Crippen LogP contribution in [0.4, 0.5) is 0 Å². The maximum Gasteiger partial charge on any atom is 0.262 e. The average Bonchev–Trinajstić information content (AvgIpc) is 1.86. The molecule has 4 nitrogen and oxygen atoms in total. The molecule has 0 bridgehead atoms.